The smallest absolute Gasteiger partial charge is 0.339 e. The van der Waals surface area contributed by atoms with Crippen LogP contribution < -0.4 is 5.32 Å². The molecule has 9 heteroatoms. The number of unbranched alkanes of at least 4 members (excludes halogenated alkanes) is 13. The SMILES string of the molecule is CCCCCCCCCCCCCCCCNC(=O)[C@@H]1OCO[C@H]2[C@@H]1OCO[C@@H]2COC(=O)c1cccnc1. The Balaban J connectivity index is 1.24. The monoisotopic (exact) mass is 548 g/mol. The number of hydrogen-bond donors (Lipinski definition) is 1. The number of nitrogens with one attached hydrogen (secondary N) is 1. The molecule has 0 saturated carbocycles. The molecule has 0 aromatic carbocycles. The molecule has 0 aliphatic carbocycles. The predicted octanol–water partition coefficient (Wildman–Crippen LogP) is 5.32. The third-order valence-electron chi connectivity index (χ3n) is 7.40. The Kier molecular flexibility index (Phi) is 15.4. The lowest BCUT2D eigenvalue weighted by atomic mass is 10.00. The van der Waals surface area contributed by atoms with Crippen molar-refractivity contribution in [1.29, 1.82) is 0 Å². The molecule has 0 bridgehead atoms. The first-order valence-electron chi connectivity index (χ1n) is 15.0. The largest absolute Gasteiger partial charge is 0.459 e. The number of fused-ring (bicyclic) bond motifs is 1. The Hall–Kier alpha value is -2.07. The topological polar surface area (TPSA) is 105 Å². The molecule has 2 aliphatic heterocycles. The van der Waals surface area contributed by atoms with Gasteiger partial charge in [-0.1, -0.05) is 90.4 Å². The molecular weight excluding hydrogens is 500 g/mol. The summed E-state index contributed by atoms with van der Waals surface area (Å²) in [5.74, 6) is -0.708. The quantitative estimate of drug-likeness (QED) is 0.183. The van der Waals surface area contributed by atoms with E-state index >= 15 is 0 Å². The highest BCUT2D eigenvalue weighted by Gasteiger charge is 2.47. The third-order valence-corrected chi connectivity index (χ3v) is 7.40. The van der Waals surface area contributed by atoms with Gasteiger partial charge in [0.25, 0.3) is 5.91 Å². The Morgan fingerprint density at radius 1 is 0.846 bits per heavy atom. The summed E-state index contributed by atoms with van der Waals surface area (Å²) in [7, 11) is 0. The van der Waals surface area contributed by atoms with Gasteiger partial charge in [0.05, 0.1) is 5.56 Å². The Morgan fingerprint density at radius 2 is 1.46 bits per heavy atom. The van der Waals surface area contributed by atoms with E-state index in [0.717, 1.165) is 12.8 Å². The molecule has 2 saturated heterocycles. The van der Waals surface area contributed by atoms with Crippen LogP contribution in [0.3, 0.4) is 0 Å². The van der Waals surface area contributed by atoms with Crippen molar-refractivity contribution in [2.24, 2.45) is 0 Å². The molecule has 1 aromatic heterocycles. The van der Waals surface area contributed by atoms with Gasteiger partial charge in [0.1, 0.15) is 38.5 Å². The van der Waals surface area contributed by atoms with Gasteiger partial charge in [-0.2, -0.15) is 0 Å². The minimum absolute atomic E-state index is 0.0222. The molecule has 3 rings (SSSR count). The van der Waals surface area contributed by atoms with Crippen molar-refractivity contribution >= 4 is 11.9 Å². The van der Waals surface area contributed by atoms with Crippen LogP contribution in [-0.4, -0.2) is 68.0 Å². The first-order valence-corrected chi connectivity index (χ1v) is 15.0. The van der Waals surface area contributed by atoms with Crippen molar-refractivity contribution in [3.8, 4) is 0 Å². The van der Waals surface area contributed by atoms with E-state index in [1.807, 2.05) is 0 Å². The van der Waals surface area contributed by atoms with Gasteiger partial charge in [-0.15, -0.1) is 0 Å². The second-order valence-electron chi connectivity index (χ2n) is 10.5. The highest BCUT2D eigenvalue weighted by molar-refractivity contribution is 5.88. The normalized spacial score (nSPS) is 22.7. The summed E-state index contributed by atoms with van der Waals surface area (Å²) in [6.07, 6.45) is 18.6. The van der Waals surface area contributed by atoms with Gasteiger partial charge < -0.3 is 29.0 Å². The van der Waals surface area contributed by atoms with Crippen molar-refractivity contribution in [2.75, 3.05) is 26.7 Å². The molecule has 2 fully saturated rings. The summed E-state index contributed by atoms with van der Waals surface area (Å²) in [5.41, 5.74) is 0.356. The van der Waals surface area contributed by atoms with E-state index in [0.29, 0.717) is 12.1 Å². The molecule has 220 valence electrons. The predicted molar refractivity (Wildman–Crippen MR) is 147 cm³/mol. The Labute approximate surface area is 233 Å². The zero-order chi connectivity index (χ0) is 27.5. The molecule has 3 heterocycles. The van der Waals surface area contributed by atoms with E-state index in [1.165, 1.54) is 83.2 Å². The van der Waals surface area contributed by atoms with E-state index in [1.54, 1.807) is 18.3 Å². The summed E-state index contributed by atoms with van der Waals surface area (Å²) in [6, 6.07) is 3.30. The number of rotatable bonds is 19. The molecule has 2 aliphatic rings. The van der Waals surface area contributed by atoms with Gasteiger partial charge in [-0.3, -0.25) is 9.78 Å². The zero-order valence-electron chi connectivity index (χ0n) is 23.7. The number of carbonyl (C=O) groups excluding carboxylic acids is 2. The van der Waals surface area contributed by atoms with E-state index in [-0.39, 0.29) is 26.1 Å². The molecule has 0 radical (unpaired) electrons. The van der Waals surface area contributed by atoms with Crippen LogP contribution in [0.15, 0.2) is 24.5 Å². The Morgan fingerprint density at radius 3 is 2.10 bits per heavy atom. The van der Waals surface area contributed by atoms with Crippen LogP contribution in [0.25, 0.3) is 0 Å². The van der Waals surface area contributed by atoms with Crippen LogP contribution in [0, 0.1) is 0 Å². The van der Waals surface area contributed by atoms with Crippen LogP contribution >= 0.6 is 0 Å². The summed E-state index contributed by atoms with van der Waals surface area (Å²) in [6.45, 7) is 2.76. The molecule has 1 N–H and O–H groups in total. The highest BCUT2D eigenvalue weighted by Crippen LogP contribution is 2.26. The van der Waals surface area contributed by atoms with E-state index in [9.17, 15) is 9.59 Å². The average molecular weight is 549 g/mol. The minimum atomic E-state index is -0.796. The van der Waals surface area contributed by atoms with Crippen molar-refractivity contribution < 1.29 is 33.3 Å². The Bertz CT molecular complexity index is 810. The lowest BCUT2D eigenvalue weighted by Crippen LogP contribution is -2.61. The second kappa shape index (κ2) is 19.1. The van der Waals surface area contributed by atoms with Crippen molar-refractivity contribution in [3.63, 3.8) is 0 Å². The highest BCUT2D eigenvalue weighted by atomic mass is 16.8. The number of pyridine rings is 1. The zero-order valence-corrected chi connectivity index (χ0v) is 23.7. The summed E-state index contributed by atoms with van der Waals surface area (Å²) in [4.78, 5) is 29.0. The summed E-state index contributed by atoms with van der Waals surface area (Å²) >= 11 is 0. The standard InChI is InChI=1S/C30H48N2O7/c1-2-3-4-5-6-7-8-9-10-11-12-13-14-15-19-32-29(33)28-27-26(37-23-39-28)25(36-22-38-27)21-35-30(34)24-17-16-18-31-20-24/h16-18,20,25-28H,2-15,19,21-23H2,1H3,(H,32,33)/t25-,26-,27+,28-/m1/s1. The third kappa shape index (κ3) is 11.5. The van der Waals surface area contributed by atoms with Gasteiger partial charge in [-0.25, -0.2) is 4.79 Å². The maximum atomic E-state index is 12.8. The summed E-state index contributed by atoms with van der Waals surface area (Å²) in [5, 5.41) is 2.98. The molecule has 1 amide bonds. The minimum Gasteiger partial charge on any atom is -0.459 e. The lowest BCUT2D eigenvalue weighted by Gasteiger charge is -2.43. The van der Waals surface area contributed by atoms with Crippen LogP contribution in [0.5, 0.6) is 0 Å². The number of aromatic nitrogens is 1. The molecule has 4 atom stereocenters. The fourth-order valence-corrected chi connectivity index (χ4v) is 5.08. The van der Waals surface area contributed by atoms with Crippen LogP contribution in [0.4, 0.5) is 0 Å². The maximum absolute atomic E-state index is 12.8. The van der Waals surface area contributed by atoms with Gasteiger partial charge in [0.2, 0.25) is 0 Å². The molecule has 0 spiro atoms. The number of esters is 1. The maximum Gasteiger partial charge on any atom is 0.339 e. The average Bonchev–Trinajstić information content (AvgIpc) is 2.97. The lowest BCUT2D eigenvalue weighted by molar-refractivity contribution is -0.319. The van der Waals surface area contributed by atoms with Crippen molar-refractivity contribution in [1.82, 2.24) is 10.3 Å². The molecular formula is C30H48N2O7. The molecule has 1 aromatic rings. The molecule has 9 nitrogen and oxygen atoms in total. The van der Waals surface area contributed by atoms with Gasteiger partial charge in [0, 0.05) is 18.9 Å². The van der Waals surface area contributed by atoms with Crippen molar-refractivity contribution in [2.45, 2.75) is 121 Å². The van der Waals surface area contributed by atoms with E-state index in [4.69, 9.17) is 23.7 Å². The second-order valence-corrected chi connectivity index (χ2v) is 10.5. The van der Waals surface area contributed by atoms with Gasteiger partial charge in [0.15, 0.2) is 6.10 Å². The van der Waals surface area contributed by atoms with Crippen LogP contribution in [0.2, 0.25) is 0 Å². The van der Waals surface area contributed by atoms with E-state index in [2.05, 4.69) is 17.2 Å². The fourth-order valence-electron chi connectivity index (χ4n) is 5.08. The number of hydrogen-bond acceptors (Lipinski definition) is 8. The number of ether oxygens (including phenoxy) is 5. The van der Waals surface area contributed by atoms with Crippen LogP contribution in [-0.2, 0) is 28.5 Å². The fraction of sp³-hybridized carbons (Fsp3) is 0.767. The summed E-state index contributed by atoms with van der Waals surface area (Å²) < 4.78 is 28.0. The number of carbonyl (C=O) groups is 2. The number of nitrogens with zero attached hydrogens (tertiary/aromatic N) is 1. The first-order chi connectivity index (χ1) is 19.2. The number of amides is 1. The van der Waals surface area contributed by atoms with Gasteiger partial charge in [-0.05, 0) is 18.6 Å². The first kappa shape index (κ1) is 31.5. The van der Waals surface area contributed by atoms with Gasteiger partial charge >= 0.3 is 5.97 Å². The van der Waals surface area contributed by atoms with Crippen LogP contribution in [0.1, 0.15) is 107 Å². The molecule has 39 heavy (non-hydrogen) atoms. The van der Waals surface area contributed by atoms with E-state index < -0.39 is 30.4 Å². The molecule has 0 unspecified atom stereocenters. The van der Waals surface area contributed by atoms with Crippen molar-refractivity contribution in [3.05, 3.63) is 30.1 Å².